The second-order valence-corrected chi connectivity index (χ2v) is 8.47. The zero-order chi connectivity index (χ0) is 26.0. The number of aryl methyl sites for hydroxylation is 2. The lowest BCUT2D eigenvalue weighted by atomic mass is 10.0. The van der Waals surface area contributed by atoms with E-state index in [-0.39, 0.29) is 17.5 Å². The zero-order valence-electron chi connectivity index (χ0n) is 19.6. The van der Waals surface area contributed by atoms with Crippen LogP contribution in [0.1, 0.15) is 47.8 Å². The zero-order valence-corrected chi connectivity index (χ0v) is 19.6. The Hall–Kier alpha value is -4.66. The van der Waals surface area contributed by atoms with Crippen LogP contribution >= 0.6 is 0 Å². The van der Waals surface area contributed by atoms with Gasteiger partial charge in [0.2, 0.25) is 0 Å². The number of nitrogens with zero attached hydrogens (tertiary/aromatic N) is 2. The highest BCUT2D eigenvalue weighted by atomic mass is 16.6. The summed E-state index contributed by atoms with van der Waals surface area (Å²) < 4.78 is 5.28. The van der Waals surface area contributed by atoms with Crippen LogP contribution in [0.2, 0.25) is 0 Å². The third-order valence-corrected chi connectivity index (χ3v) is 6.15. The van der Waals surface area contributed by atoms with Crippen LogP contribution in [-0.2, 0) is 16.0 Å². The molecule has 2 amide bonds. The van der Waals surface area contributed by atoms with Crippen LogP contribution in [-0.4, -0.2) is 46.0 Å². The maximum atomic E-state index is 13.2. The van der Waals surface area contributed by atoms with Crippen LogP contribution < -0.4 is 0 Å². The standard InChI is InChI=1S/C27H22N2O7/c1-16-11-12-19(13-17(16)2)23(30)15-36-27(33)22(14-18-7-4-3-5-8-18)28-25(31)20-9-6-10-21(29(34)35)24(20)26(28)32/h3-13,22H,14-15H2,1-2H3/t22-/m1/s1. The van der Waals surface area contributed by atoms with Gasteiger partial charge in [-0.25, -0.2) is 4.79 Å². The van der Waals surface area contributed by atoms with E-state index < -0.39 is 46.8 Å². The molecule has 0 aromatic heterocycles. The fraction of sp³-hybridized carbons (Fsp3) is 0.185. The first-order valence-corrected chi connectivity index (χ1v) is 11.2. The molecule has 1 heterocycles. The highest BCUT2D eigenvalue weighted by Gasteiger charge is 2.47. The lowest BCUT2D eigenvalue weighted by Crippen LogP contribution is -2.47. The molecule has 0 radical (unpaired) electrons. The summed E-state index contributed by atoms with van der Waals surface area (Å²) in [5.41, 5.74) is 1.85. The van der Waals surface area contributed by atoms with E-state index in [1.54, 1.807) is 48.5 Å². The molecule has 36 heavy (non-hydrogen) atoms. The second-order valence-electron chi connectivity index (χ2n) is 8.47. The molecule has 1 aliphatic rings. The number of nitro groups is 1. The van der Waals surface area contributed by atoms with Crippen LogP contribution in [0.5, 0.6) is 0 Å². The molecule has 0 saturated heterocycles. The van der Waals surface area contributed by atoms with E-state index in [0.29, 0.717) is 16.0 Å². The average molecular weight is 486 g/mol. The number of Topliss-reactive ketones (excluding diaryl/α,β-unsaturated/α-hetero) is 1. The number of carbonyl (C=O) groups is 4. The van der Waals surface area contributed by atoms with Gasteiger partial charge in [-0.1, -0.05) is 48.5 Å². The van der Waals surface area contributed by atoms with E-state index in [0.717, 1.165) is 17.2 Å². The SMILES string of the molecule is Cc1ccc(C(=O)COC(=O)[C@@H](Cc2ccccc2)N2C(=O)c3cccc([N+](=O)[O-])c3C2=O)cc1C. The number of esters is 1. The van der Waals surface area contributed by atoms with E-state index >= 15 is 0 Å². The number of amides is 2. The van der Waals surface area contributed by atoms with E-state index in [4.69, 9.17) is 4.74 Å². The van der Waals surface area contributed by atoms with Crippen LogP contribution in [0.3, 0.4) is 0 Å². The monoisotopic (exact) mass is 486 g/mol. The van der Waals surface area contributed by atoms with Gasteiger partial charge in [0.25, 0.3) is 17.5 Å². The normalized spacial score (nSPS) is 13.3. The molecule has 9 nitrogen and oxygen atoms in total. The lowest BCUT2D eigenvalue weighted by molar-refractivity contribution is -0.385. The fourth-order valence-corrected chi connectivity index (χ4v) is 4.07. The Balaban J connectivity index is 1.62. The smallest absolute Gasteiger partial charge is 0.330 e. The summed E-state index contributed by atoms with van der Waals surface area (Å²) in [6.45, 7) is 3.18. The van der Waals surface area contributed by atoms with Gasteiger partial charge in [0.15, 0.2) is 12.4 Å². The van der Waals surface area contributed by atoms with Crippen LogP contribution in [0, 0.1) is 24.0 Å². The number of carbonyl (C=O) groups excluding carboxylic acids is 4. The minimum atomic E-state index is -1.42. The minimum Gasteiger partial charge on any atom is -0.456 e. The first-order chi connectivity index (χ1) is 17.2. The van der Waals surface area contributed by atoms with Crippen LogP contribution in [0.25, 0.3) is 0 Å². The van der Waals surface area contributed by atoms with Gasteiger partial charge >= 0.3 is 5.97 Å². The third kappa shape index (κ3) is 4.63. The molecule has 0 N–H and O–H groups in total. The van der Waals surface area contributed by atoms with Crippen molar-refractivity contribution in [2.45, 2.75) is 26.3 Å². The predicted molar refractivity (Wildman–Crippen MR) is 129 cm³/mol. The number of hydrogen-bond acceptors (Lipinski definition) is 7. The molecule has 1 atom stereocenters. The summed E-state index contributed by atoms with van der Waals surface area (Å²) in [5.74, 6) is -3.20. The number of hydrogen-bond donors (Lipinski definition) is 0. The number of nitro benzene ring substituents is 1. The molecule has 9 heteroatoms. The van der Waals surface area contributed by atoms with E-state index in [1.807, 2.05) is 13.8 Å². The summed E-state index contributed by atoms with van der Waals surface area (Å²) in [5, 5.41) is 11.5. The Morgan fingerprint density at radius 2 is 1.67 bits per heavy atom. The van der Waals surface area contributed by atoms with Crippen molar-refractivity contribution < 1.29 is 28.8 Å². The first-order valence-electron chi connectivity index (χ1n) is 11.2. The summed E-state index contributed by atoms with van der Waals surface area (Å²) in [7, 11) is 0. The van der Waals surface area contributed by atoms with Gasteiger partial charge < -0.3 is 4.74 Å². The molecule has 0 aliphatic carbocycles. The van der Waals surface area contributed by atoms with Gasteiger partial charge in [-0.3, -0.25) is 29.4 Å². The van der Waals surface area contributed by atoms with Gasteiger partial charge in [0.05, 0.1) is 10.5 Å². The van der Waals surface area contributed by atoms with Gasteiger partial charge in [-0.2, -0.15) is 0 Å². The Bertz CT molecular complexity index is 1400. The highest BCUT2D eigenvalue weighted by Crippen LogP contribution is 2.33. The highest BCUT2D eigenvalue weighted by molar-refractivity contribution is 6.24. The van der Waals surface area contributed by atoms with Crippen molar-refractivity contribution in [3.8, 4) is 0 Å². The summed E-state index contributed by atoms with van der Waals surface area (Å²) >= 11 is 0. The van der Waals surface area contributed by atoms with Gasteiger partial charge in [-0.05, 0) is 42.7 Å². The van der Waals surface area contributed by atoms with Crippen molar-refractivity contribution in [2.24, 2.45) is 0 Å². The van der Waals surface area contributed by atoms with E-state index in [2.05, 4.69) is 0 Å². The maximum absolute atomic E-state index is 13.2. The van der Waals surface area contributed by atoms with Crippen molar-refractivity contribution >= 4 is 29.3 Å². The Morgan fingerprint density at radius 1 is 0.944 bits per heavy atom. The molecule has 0 unspecified atom stereocenters. The van der Waals surface area contributed by atoms with Gasteiger partial charge in [-0.15, -0.1) is 0 Å². The fourth-order valence-electron chi connectivity index (χ4n) is 4.07. The summed E-state index contributed by atoms with van der Waals surface area (Å²) in [4.78, 5) is 63.6. The van der Waals surface area contributed by atoms with Crippen molar-refractivity contribution in [3.63, 3.8) is 0 Å². The largest absolute Gasteiger partial charge is 0.456 e. The first kappa shape index (κ1) is 24.5. The van der Waals surface area contributed by atoms with Crippen molar-refractivity contribution in [1.29, 1.82) is 0 Å². The third-order valence-electron chi connectivity index (χ3n) is 6.15. The van der Waals surface area contributed by atoms with Crippen molar-refractivity contribution in [3.05, 3.63) is 110 Å². The molecule has 0 fully saturated rings. The Kier molecular flexibility index (Phi) is 6.73. The Morgan fingerprint density at radius 3 is 2.33 bits per heavy atom. The molecule has 3 aromatic carbocycles. The summed E-state index contributed by atoms with van der Waals surface area (Å²) in [6.07, 6.45) is -0.0865. The average Bonchev–Trinajstić information content (AvgIpc) is 3.12. The number of ether oxygens (including phenoxy) is 1. The molecule has 182 valence electrons. The molecular formula is C27H22N2O7. The molecule has 3 aromatic rings. The van der Waals surface area contributed by atoms with Gasteiger partial charge in [0.1, 0.15) is 11.6 Å². The molecule has 0 bridgehead atoms. The number of benzene rings is 3. The van der Waals surface area contributed by atoms with Crippen LogP contribution in [0.4, 0.5) is 5.69 Å². The summed E-state index contributed by atoms with van der Waals surface area (Å²) in [6, 6.07) is 16.1. The second kappa shape index (κ2) is 9.91. The molecule has 1 aliphatic heterocycles. The van der Waals surface area contributed by atoms with Crippen molar-refractivity contribution in [2.75, 3.05) is 6.61 Å². The Labute approximate surface area is 206 Å². The number of ketones is 1. The number of fused-ring (bicyclic) bond motifs is 1. The molecule has 4 rings (SSSR count). The number of rotatable bonds is 8. The van der Waals surface area contributed by atoms with Crippen LogP contribution in [0.15, 0.2) is 66.7 Å². The van der Waals surface area contributed by atoms with Crippen molar-refractivity contribution in [1.82, 2.24) is 4.90 Å². The maximum Gasteiger partial charge on any atom is 0.330 e. The predicted octanol–water partition coefficient (Wildman–Crippen LogP) is 3.85. The molecular weight excluding hydrogens is 464 g/mol. The topological polar surface area (TPSA) is 124 Å². The minimum absolute atomic E-state index is 0.0865. The number of imide groups is 1. The van der Waals surface area contributed by atoms with Gasteiger partial charge in [0, 0.05) is 18.1 Å². The van der Waals surface area contributed by atoms with E-state index in [9.17, 15) is 29.3 Å². The lowest BCUT2D eigenvalue weighted by Gasteiger charge is -2.24. The quantitative estimate of drug-likeness (QED) is 0.156. The molecule has 0 saturated carbocycles. The van der Waals surface area contributed by atoms with E-state index in [1.165, 1.54) is 12.1 Å². The molecule has 0 spiro atoms.